The van der Waals surface area contributed by atoms with Crippen LogP contribution in [-0.2, 0) is 10.0 Å². The fourth-order valence-corrected chi connectivity index (χ4v) is 5.05. The summed E-state index contributed by atoms with van der Waals surface area (Å²) in [5.74, 6) is -0.437. The van der Waals surface area contributed by atoms with E-state index in [1.54, 1.807) is 7.05 Å². The highest BCUT2D eigenvalue weighted by atomic mass is 32.2. The first-order valence-corrected chi connectivity index (χ1v) is 8.94. The summed E-state index contributed by atoms with van der Waals surface area (Å²) in [7, 11) is -2.00. The van der Waals surface area contributed by atoms with Crippen molar-refractivity contribution in [2.24, 2.45) is 5.92 Å². The Morgan fingerprint density at radius 1 is 1.35 bits per heavy atom. The fourth-order valence-electron chi connectivity index (χ4n) is 2.53. The molecule has 112 valence electrons. The molecule has 20 heavy (non-hydrogen) atoms. The molecule has 1 heterocycles. The Kier molecular flexibility index (Phi) is 4.51. The lowest BCUT2D eigenvalue weighted by Gasteiger charge is -2.32. The molecular formula is C13H19NO4S2. The van der Waals surface area contributed by atoms with Crippen molar-refractivity contribution < 1.29 is 18.3 Å². The zero-order chi connectivity index (χ0) is 14.9. The van der Waals surface area contributed by atoms with Gasteiger partial charge in [0.15, 0.2) is 0 Å². The zero-order valence-corrected chi connectivity index (χ0v) is 13.2. The SMILES string of the molecule is CC1CCC(N(C)S(=O)(=O)c2csc(C(=O)O)c2)CC1. The van der Waals surface area contributed by atoms with Gasteiger partial charge in [0.25, 0.3) is 0 Å². The summed E-state index contributed by atoms with van der Waals surface area (Å²) in [5, 5.41) is 10.3. The number of sulfonamides is 1. The third-order valence-electron chi connectivity index (χ3n) is 3.96. The second-order valence-electron chi connectivity index (χ2n) is 5.39. The molecule has 0 radical (unpaired) electrons. The summed E-state index contributed by atoms with van der Waals surface area (Å²) in [6, 6.07) is 1.26. The van der Waals surface area contributed by atoms with Gasteiger partial charge < -0.3 is 5.11 Å². The van der Waals surface area contributed by atoms with Crippen molar-refractivity contribution in [3.8, 4) is 0 Å². The first-order chi connectivity index (χ1) is 9.32. The average molecular weight is 317 g/mol. The Morgan fingerprint density at radius 2 is 1.95 bits per heavy atom. The Labute approximate surface area is 123 Å². The first kappa shape index (κ1) is 15.5. The number of carbonyl (C=O) groups is 1. The molecule has 1 aliphatic rings. The second-order valence-corrected chi connectivity index (χ2v) is 8.30. The van der Waals surface area contributed by atoms with Gasteiger partial charge in [0.2, 0.25) is 10.0 Å². The molecule has 0 spiro atoms. The molecule has 0 aromatic carbocycles. The number of thiophene rings is 1. The summed E-state index contributed by atoms with van der Waals surface area (Å²) in [5.41, 5.74) is 0. The van der Waals surface area contributed by atoms with Crippen LogP contribution in [0.4, 0.5) is 0 Å². The molecule has 0 aliphatic heterocycles. The van der Waals surface area contributed by atoms with Gasteiger partial charge in [-0.05, 0) is 37.7 Å². The highest BCUT2D eigenvalue weighted by molar-refractivity contribution is 7.89. The van der Waals surface area contributed by atoms with Crippen LogP contribution in [-0.4, -0.2) is 36.9 Å². The van der Waals surface area contributed by atoms with Crippen LogP contribution in [0.1, 0.15) is 42.3 Å². The van der Waals surface area contributed by atoms with E-state index in [1.807, 2.05) is 0 Å². The Hall–Kier alpha value is -0.920. The Bertz CT molecular complexity index is 585. The number of hydrogen-bond donors (Lipinski definition) is 1. The van der Waals surface area contributed by atoms with Crippen molar-refractivity contribution in [3.05, 3.63) is 16.3 Å². The van der Waals surface area contributed by atoms with Crippen molar-refractivity contribution in [3.63, 3.8) is 0 Å². The second kappa shape index (κ2) is 5.83. The highest BCUT2D eigenvalue weighted by Crippen LogP contribution is 2.30. The predicted octanol–water partition coefficient (Wildman–Crippen LogP) is 2.65. The van der Waals surface area contributed by atoms with Crippen LogP contribution in [0.2, 0.25) is 0 Å². The summed E-state index contributed by atoms with van der Waals surface area (Å²) in [4.78, 5) is 11.0. The van der Waals surface area contributed by atoms with Crippen LogP contribution in [0.5, 0.6) is 0 Å². The molecule has 0 amide bonds. The molecule has 1 fully saturated rings. The molecule has 0 bridgehead atoms. The fraction of sp³-hybridized carbons (Fsp3) is 0.615. The highest BCUT2D eigenvalue weighted by Gasteiger charge is 2.31. The van der Waals surface area contributed by atoms with Crippen LogP contribution in [0.25, 0.3) is 0 Å². The number of hydrogen-bond acceptors (Lipinski definition) is 4. The average Bonchev–Trinajstić information content (AvgIpc) is 2.89. The van der Waals surface area contributed by atoms with Crippen LogP contribution in [0, 0.1) is 5.92 Å². The minimum Gasteiger partial charge on any atom is -0.477 e. The summed E-state index contributed by atoms with van der Waals surface area (Å²) < 4.78 is 26.4. The molecule has 7 heteroatoms. The maximum absolute atomic E-state index is 12.5. The van der Waals surface area contributed by atoms with E-state index >= 15 is 0 Å². The maximum Gasteiger partial charge on any atom is 0.345 e. The largest absolute Gasteiger partial charge is 0.477 e. The van der Waals surface area contributed by atoms with Crippen LogP contribution in [0.3, 0.4) is 0 Å². The van der Waals surface area contributed by atoms with E-state index in [1.165, 1.54) is 15.8 Å². The third kappa shape index (κ3) is 3.05. The van der Waals surface area contributed by atoms with E-state index in [4.69, 9.17) is 5.11 Å². The van der Waals surface area contributed by atoms with Gasteiger partial charge >= 0.3 is 5.97 Å². The van der Waals surface area contributed by atoms with Crippen molar-refractivity contribution >= 4 is 27.3 Å². The van der Waals surface area contributed by atoms with E-state index in [-0.39, 0.29) is 15.8 Å². The van der Waals surface area contributed by atoms with E-state index in [2.05, 4.69) is 6.92 Å². The lowest BCUT2D eigenvalue weighted by molar-refractivity contribution is 0.0702. The normalized spacial score (nSPS) is 23.9. The number of carboxylic acids is 1. The molecule has 1 aromatic rings. The van der Waals surface area contributed by atoms with Crippen LogP contribution in [0.15, 0.2) is 16.3 Å². The molecule has 0 saturated heterocycles. The zero-order valence-electron chi connectivity index (χ0n) is 11.6. The van der Waals surface area contributed by atoms with Crippen LogP contribution >= 0.6 is 11.3 Å². The van der Waals surface area contributed by atoms with Gasteiger partial charge in [-0.1, -0.05) is 6.92 Å². The van der Waals surface area contributed by atoms with E-state index in [0.717, 1.165) is 37.0 Å². The lowest BCUT2D eigenvalue weighted by Crippen LogP contribution is -2.39. The number of rotatable bonds is 4. The molecule has 0 unspecified atom stereocenters. The maximum atomic E-state index is 12.5. The topological polar surface area (TPSA) is 74.7 Å². The Morgan fingerprint density at radius 3 is 2.45 bits per heavy atom. The third-order valence-corrected chi connectivity index (χ3v) is 6.92. The van der Waals surface area contributed by atoms with Gasteiger partial charge in [0, 0.05) is 18.5 Å². The molecule has 1 aromatic heterocycles. The summed E-state index contributed by atoms with van der Waals surface area (Å²) >= 11 is 0.944. The number of carboxylic acid groups (broad SMARTS) is 1. The molecule has 0 atom stereocenters. The van der Waals surface area contributed by atoms with Crippen molar-refractivity contribution in [2.75, 3.05) is 7.05 Å². The molecule has 1 aliphatic carbocycles. The minimum atomic E-state index is -3.59. The quantitative estimate of drug-likeness (QED) is 0.926. The molecule has 1 N–H and O–H groups in total. The van der Waals surface area contributed by atoms with E-state index < -0.39 is 16.0 Å². The molecule has 1 saturated carbocycles. The standard InChI is InChI=1S/C13H19NO4S2/c1-9-3-5-10(6-4-9)14(2)20(17,18)11-7-12(13(15)16)19-8-11/h7-10H,3-6H2,1-2H3,(H,15,16). The van der Waals surface area contributed by atoms with Gasteiger partial charge in [-0.2, -0.15) is 4.31 Å². The van der Waals surface area contributed by atoms with Gasteiger partial charge in [0.1, 0.15) is 4.88 Å². The van der Waals surface area contributed by atoms with Crippen LogP contribution < -0.4 is 0 Å². The van der Waals surface area contributed by atoms with E-state index in [0.29, 0.717) is 5.92 Å². The smallest absolute Gasteiger partial charge is 0.345 e. The van der Waals surface area contributed by atoms with Gasteiger partial charge in [-0.3, -0.25) is 0 Å². The predicted molar refractivity (Wildman–Crippen MR) is 77.6 cm³/mol. The van der Waals surface area contributed by atoms with Crippen molar-refractivity contribution in [2.45, 2.75) is 43.5 Å². The molecular weight excluding hydrogens is 298 g/mol. The van der Waals surface area contributed by atoms with Gasteiger partial charge in [0.05, 0.1) is 4.90 Å². The lowest BCUT2D eigenvalue weighted by atomic mass is 9.87. The first-order valence-electron chi connectivity index (χ1n) is 6.62. The van der Waals surface area contributed by atoms with Crippen molar-refractivity contribution in [1.29, 1.82) is 0 Å². The number of nitrogens with zero attached hydrogens (tertiary/aromatic N) is 1. The summed E-state index contributed by atoms with van der Waals surface area (Å²) in [6.45, 7) is 2.18. The van der Waals surface area contributed by atoms with E-state index in [9.17, 15) is 13.2 Å². The number of aromatic carboxylic acids is 1. The Balaban J connectivity index is 2.18. The van der Waals surface area contributed by atoms with Crippen molar-refractivity contribution in [1.82, 2.24) is 4.31 Å². The molecule has 2 rings (SSSR count). The summed E-state index contributed by atoms with van der Waals surface area (Å²) in [6.07, 6.45) is 3.81. The molecule has 5 nitrogen and oxygen atoms in total. The minimum absolute atomic E-state index is 0.0179. The van der Waals surface area contributed by atoms with Gasteiger partial charge in [-0.15, -0.1) is 11.3 Å². The van der Waals surface area contributed by atoms with Gasteiger partial charge in [-0.25, -0.2) is 13.2 Å². The monoisotopic (exact) mass is 317 g/mol.